The number of hydrogen-bond donors (Lipinski definition) is 0. The average Bonchev–Trinajstić information content (AvgIpc) is 3.15. The van der Waals surface area contributed by atoms with E-state index in [2.05, 4.69) is 0 Å². The molecular weight excluding hydrogens is 350 g/mol. The molecule has 0 N–H and O–H groups in total. The van der Waals surface area contributed by atoms with Gasteiger partial charge >= 0.3 is 0 Å². The van der Waals surface area contributed by atoms with Gasteiger partial charge in [0.15, 0.2) is 0 Å². The SMILES string of the molecule is CC/C=C1/SC(=S)N(C)C1=O.Clc1ccccc1-c1ccco1. The highest BCUT2D eigenvalue weighted by Gasteiger charge is 2.27. The van der Waals surface area contributed by atoms with E-state index in [1.807, 2.05) is 49.4 Å². The Labute approximate surface area is 150 Å². The lowest BCUT2D eigenvalue weighted by atomic mass is 10.2. The molecule has 0 atom stereocenters. The molecule has 1 aliphatic rings. The number of rotatable bonds is 2. The molecule has 0 radical (unpaired) electrons. The topological polar surface area (TPSA) is 33.5 Å². The molecule has 3 nitrogen and oxygen atoms in total. The summed E-state index contributed by atoms with van der Waals surface area (Å²) in [6.45, 7) is 2.00. The number of carbonyl (C=O) groups excluding carboxylic acids is 1. The molecule has 0 aliphatic carbocycles. The molecule has 1 saturated heterocycles. The molecule has 0 bridgehead atoms. The highest BCUT2D eigenvalue weighted by Crippen LogP contribution is 2.29. The lowest BCUT2D eigenvalue weighted by molar-refractivity contribution is -0.121. The van der Waals surface area contributed by atoms with Gasteiger partial charge in [0, 0.05) is 12.6 Å². The standard InChI is InChI=1S/C10H7ClO.C7H9NOS2/c11-9-5-2-1-4-8(9)10-6-3-7-12-10;1-3-4-5-6(9)8(2)7(10)11-5/h1-7H;4H,3H2,1-2H3/b;5-4+. The Bertz CT molecular complexity index is 726. The summed E-state index contributed by atoms with van der Waals surface area (Å²) in [7, 11) is 1.70. The maximum Gasteiger partial charge on any atom is 0.265 e. The molecular formula is C17H16ClNO2S2. The zero-order chi connectivity index (χ0) is 16.8. The van der Waals surface area contributed by atoms with Crippen LogP contribution >= 0.6 is 35.6 Å². The van der Waals surface area contributed by atoms with E-state index in [0.717, 1.165) is 22.6 Å². The summed E-state index contributed by atoms with van der Waals surface area (Å²) in [6, 6.07) is 11.3. The summed E-state index contributed by atoms with van der Waals surface area (Å²) in [5, 5.41) is 0.715. The summed E-state index contributed by atoms with van der Waals surface area (Å²) >= 11 is 12.3. The molecule has 23 heavy (non-hydrogen) atoms. The van der Waals surface area contributed by atoms with Gasteiger partial charge in [0.2, 0.25) is 0 Å². The van der Waals surface area contributed by atoms with E-state index in [0.29, 0.717) is 9.34 Å². The van der Waals surface area contributed by atoms with Crippen molar-refractivity contribution in [3.05, 3.63) is 58.7 Å². The molecule has 6 heteroatoms. The number of thioether (sulfide) groups is 1. The minimum atomic E-state index is 0.0295. The molecule has 1 aromatic carbocycles. The van der Waals surface area contributed by atoms with E-state index >= 15 is 0 Å². The summed E-state index contributed by atoms with van der Waals surface area (Å²) in [5.74, 6) is 0.836. The van der Waals surface area contributed by atoms with Crippen molar-refractivity contribution >= 4 is 45.8 Å². The molecule has 1 amide bonds. The van der Waals surface area contributed by atoms with Crippen LogP contribution in [0.5, 0.6) is 0 Å². The highest BCUT2D eigenvalue weighted by atomic mass is 35.5. The second-order valence-corrected chi connectivity index (χ2v) is 6.75. The quantitative estimate of drug-likeness (QED) is 0.529. The molecule has 0 unspecified atom stereocenters. The van der Waals surface area contributed by atoms with Crippen LogP contribution in [0.15, 0.2) is 58.1 Å². The number of benzene rings is 1. The largest absolute Gasteiger partial charge is 0.464 e. The number of halogens is 1. The lowest BCUT2D eigenvalue weighted by Gasteiger charge is -2.03. The fourth-order valence-electron chi connectivity index (χ4n) is 1.86. The third-order valence-corrected chi connectivity index (χ3v) is 4.90. The van der Waals surface area contributed by atoms with Crippen molar-refractivity contribution in [3.63, 3.8) is 0 Å². The van der Waals surface area contributed by atoms with Crippen molar-refractivity contribution in [2.24, 2.45) is 0 Å². The first-order chi connectivity index (χ1) is 11.0. The third kappa shape index (κ3) is 4.47. The van der Waals surface area contributed by atoms with Gasteiger partial charge < -0.3 is 4.42 Å². The molecule has 2 heterocycles. The average molecular weight is 366 g/mol. The summed E-state index contributed by atoms with van der Waals surface area (Å²) < 4.78 is 5.86. The van der Waals surface area contributed by atoms with Gasteiger partial charge in [-0.1, -0.05) is 60.7 Å². The monoisotopic (exact) mass is 365 g/mol. The number of carbonyl (C=O) groups is 1. The van der Waals surface area contributed by atoms with Gasteiger partial charge in [-0.25, -0.2) is 0 Å². The number of nitrogens with zero attached hydrogens (tertiary/aromatic N) is 1. The Morgan fingerprint density at radius 3 is 2.57 bits per heavy atom. The number of thiocarbonyl (C=S) groups is 1. The first kappa shape index (κ1) is 17.8. The molecule has 2 aromatic rings. The Hall–Kier alpha value is -1.56. The van der Waals surface area contributed by atoms with Crippen LogP contribution in [0.4, 0.5) is 0 Å². The van der Waals surface area contributed by atoms with E-state index in [-0.39, 0.29) is 5.91 Å². The normalized spacial score (nSPS) is 15.8. The van der Waals surface area contributed by atoms with Crippen LogP contribution in [0.3, 0.4) is 0 Å². The number of furan rings is 1. The van der Waals surface area contributed by atoms with E-state index < -0.39 is 0 Å². The Balaban J connectivity index is 0.000000168. The maximum atomic E-state index is 11.3. The molecule has 1 aromatic heterocycles. The van der Waals surface area contributed by atoms with E-state index in [1.54, 1.807) is 13.3 Å². The van der Waals surface area contributed by atoms with Gasteiger partial charge in [-0.3, -0.25) is 9.69 Å². The number of amides is 1. The van der Waals surface area contributed by atoms with Crippen LogP contribution < -0.4 is 0 Å². The van der Waals surface area contributed by atoms with Gasteiger partial charge in [0.05, 0.1) is 16.2 Å². The van der Waals surface area contributed by atoms with Crippen LogP contribution in [-0.4, -0.2) is 22.2 Å². The van der Waals surface area contributed by atoms with Gasteiger partial charge in [0.25, 0.3) is 5.91 Å². The van der Waals surface area contributed by atoms with E-state index in [9.17, 15) is 4.79 Å². The number of likely N-dealkylation sites (N-methyl/N-ethyl adjacent to an activating group) is 1. The first-order valence-corrected chi connectivity index (χ1v) is 8.63. The van der Waals surface area contributed by atoms with Crippen LogP contribution in [0.1, 0.15) is 13.3 Å². The minimum Gasteiger partial charge on any atom is -0.464 e. The molecule has 120 valence electrons. The third-order valence-electron chi connectivity index (χ3n) is 3.04. The van der Waals surface area contributed by atoms with Gasteiger partial charge in [-0.15, -0.1) is 0 Å². The minimum absolute atomic E-state index is 0.0295. The maximum absolute atomic E-state index is 11.3. The Morgan fingerprint density at radius 1 is 1.30 bits per heavy atom. The van der Waals surface area contributed by atoms with Crippen LogP contribution in [0, 0.1) is 0 Å². The zero-order valence-corrected chi connectivity index (χ0v) is 15.2. The predicted molar refractivity (Wildman–Crippen MR) is 100 cm³/mol. The van der Waals surface area contributed by atoms with Gasteiger partial charge in [0.1, 0.15) is 10.1 Å². The summed E-state index contributed by atoms with van der Waals surface area (Å²) in [6.07, 6.45) is 4.42. The summed E-state index contributed by atoms with van der Waals surface area (Å²) in [4.78, 5) is 13.5. The Morgan fingerprint density at radius 2 is 2.04 bits per heavy atom. The van der Waals surface area contributed by atoms with E-state index in [1.165, 1.54) is 16.7 Å². The molecule has 0 saturated carbocycles. The number of hydrogen-bond acceptors (Lipinski definition) is 4. The van der Waals surface area contributed by atoms with Crippen molar-refractivity contribution in [1.29, 1.82) is 0 Å². The highest BCUT2D eigenvalue weighted by molar-refractivity contribution is 8.26. The van der Waals surface area contributed by atoms with Crippen molar-refractivity contribution < 1.29 is 9.21 Å². The molecule has 0 spiro atoms. The Kier molecular flexibility index (Phi) is 6.45. The summed E-state index contributed by atoms with van der Waals surface area (Å²) in [5.41, 5.74) is 0.934. The fraction of sp³-hybridized carbons (Fsp3) is 0.176. The molecule has 1 aliphatic heterocycles. The van der Waals surface area contributed by atoms with Gasteiger partial charge in [-0.05, 0) is 30.7 Å². The predicted octanol–water partition coefficient (Wildman–Crippen LogP) is 5.37. The smallest absolute Gasteiger partial charge is 0.265 e. The molecule has 3 rings (SSSR count). The second-order valence-electron chi connectivity index (χ2n) is 4.67. The van der Waals surface area contributed by atoms with Gasteiger partial charge in [-0.2, -0.15) is 0 Å². The van der Waals surface area contributed by atoms with Crippen molar-refractivity contribution in [3.8, 4) is 11.3 Å². The van der Waals surface area contributed by atoms with Crippen molar-refractivity contribution in [2.45, 2.75) is 13.3 Å². The lowest BCUT2D eigenvalue weighted by Crippen LogP contribution is -2.22. The molecule has 1 fully saturated rings. The van der Waals surface area contributed by atoms with Crippen LogP contribution in [0.25, 0.3) is 11.3 Å². The van der Waals surface area contributed by atoms with Crippen molar-refractivity contribution in [2.75, 3.05) is 7.05 Å². The zero-order valence-electron chi connectivity index (χ0n) is 12.8. The van der Waals surface area contributed by atoms with Crippen molar-refractivity contribution in [1.82, 2.24) is 4.90 Å². The second kappa shape index (κ2) is 8.34. The first-order valence-electron chi connectivity index (χ1n) is 7.03. The number of allylic oxidation sites excluding steroid dienone is 1. The van der Waals surface area contributed by atoms with E-state index in [4.69, 9.17) is 28.2 Å². The fourth-order valence-corrected chi connectivity index (χ4v) is 3.32. The van der Waals surface area contributed by atoms with Crippen LogP contribution in [-0.2, 0) is 4.79 Å². The van der Waals surface area contributed by atoms with Crippen LogP contribution in [0.2, 0.25) is 5.02 Å².